The topological polar surface area (TPSA) is 39.7 Å². The lowest BCUT2D eigenvalue weighted by molar-refractivity contribution is 0.259. The van der Waals surface area contributed by atoms with Crippen LogP contribution >= 0.6 is 0 Å². The van der Waals surface area contributed by atoms with Crippen molar-refractivity contribution in [3.05, 3.63) is 17.7 Å². The summed E-state index contributed by atoms with van der Waals surface area (Å²) in [4.78, 5) is 0. The van der Waals surface area contributed by atoms with Gasteiger partial charge in [-0.1, -0.05) is 6.07 Å². The standard InChI is InChI=1S/C14H23NO3/c1-5-16-12-9-8-11(10-15-4)13(17-6-2)14(12)18-7-3/h8-9,15H,5-7,10H2,1-4H3. The van der Waals surface area contributed by atoms with Gasteiger partial charge in [-0.05, 0) is 33.9 Å². The number of rotatable bonds is 8. The van der Waals surface area contributed by atoms with Crippen molar-refractivity contribution in [3.63, 3.8) is 0 Å². The fraction of sp³-hybridized carbons (Fsp3) is 0.571. The third kappa shape index (κ3) is 3.53. The largest absolute Gasteiger partial charge is 0.490 e. The monoisotopic (exact) mass is 253 g/mol. The molecule has 1 N–H and O–H groups in total. The Balaban J connectivity index is 3.19. The summed E-state index contributed by atoms with van der Waals surface area (Å²) in [5.41, 5.74) is 1.08. The highest BCUT2D eigenvalue weighted by Gasteiger charge is 2.16. The second-order valence-corrected chi connectivity index (χ2v) is 3.71. The zero-order valence-electron chi connectivity index (χ0n) is 11.7. The summed E-state index contributed by atoms with van der Waals surface area (Å²) in [6.07, 6.45) is 0. The molecular weight excluding hydrogens is 230 g/mol. The lowest BCUT2D eigenvalue weighted by Gasteiger charge is -2.18. The predicted molar refractivity (Wildman–Crippen MR) is 72.7 cm³/mol. The fourth-order valence-corrected chi connectivity index (χ4v) is 1.77. The molecule has 0 fully saturated rings. The van der Waals surface area contributed by atoms with Crippen molar-refractivity contribution >= 4 is 0 Å². The van der Waals surface area contributed by atoms with Crippen molar-refractivity contribution in [1.29, 1.82) is 0 Å². The van der Waals surface area contributed by atoms with Crippen LogP contribution < -0.4 is 19.5 Å². The quantitative estimate of drug-likeness (QED) is 0.773. The summed E-state index contributed by atoms with van der Waals surface area (Å²) in [5, 5.41) is 3.13. The van der Waals surface area contributed by atoms with Crippen LogP contribution in [0.25, 0.3) is 0 Å². The molecule has 4 nitrogen and oxygen atoms in total. The van der Waals surface area contributed by atoms with E-state index in [2.05, 4.69) is 5.32 Å². The van der Waals surface area contributed by atoms with E-state index in [0.29, 0.717) is 25.6 Å². The molecule has 0 aromatic heterocycles. The van der Waals surface area contributed by atoms with Crippen LogP contribution in [0.5, 0.6) is 17.2 Å². The Kier molecular flexibility index (Phi) is 6.36. The van der Waals surface area contributed by atoms with Gasteiger partial charge in [0.25, 0.3) is 0 Å². The highest BCUT2D eigenvalue weighted by atomic mass is 16.5. The maximum Gasteiger partial charge on any atom is 0.203 e. The van der Waals surface area contributed by atoms with E-state index in [1.807, 2.05) is 40.0 Å². The first-order chi connectivity index (χ1) is 8.78. The first-order valence-corrected chi connectivity index (χ1v) is 6.47. The van der Waals surface area contributed by atoms with Crippen molar-refractivity contribution in [1.82, 2.24) is 5.32 Å². The van der Waals surface area contributed by atoms with Gasteiger partial charge in [-0.15, -0.1) is 0 Å². The molecule has 0 radical (unpaired) electrons. The summed E-state index contributed by atoms with van der Waals surface area (Å²) in [6.45, 7) is 8.41. The maximum absolute atomic E-state index is 5.72. The highest BCUT2D eigenvalue weighted by Crippen LogP contribution is 2.40. The molecule has 1 aromatic rings. The number of hydrogen-bond donors (Lipinski definition) is 1. The van der Waals surface area contributed by atoms with Crippen molar-refractivity contribution in [2.45, 2.75) is 27.3 Å². The van der Waals surface area contributed by atoms with Gasteiger partial charge < -0.3 is 19.5 Å². The molecule has 0 heterocycles. The van der Waals surface area contributed by atoms with Crippen LogP contribution in [-0.2, 0) is 6.54 Å². The van der Waals surface area contributed by atoms with E-state index in [9.17, 15) is 0 Å². The van der Waals surface area contributed by atoms with E-state index in [1.165, 1.54) is 0 Å². The Bertz CT molecular complexity index is 331. The van der Waals surface area contributed by atoms with Crippen LogP contribution in [0, 0.1) is 0 Å². The molecule has 0 aliphatic rings. The van der Waals surface area contributed by atoms with Crippen molar-refractivity contribution in [3.8, 4) is 17.2 Å². The Morgan fingerprint density at radius 1 is 0.889 bits per heavy atom. The second kappa shape index (κ2) is 7.82. The molecule has 1 rings (SSSR count). The minimum absolute atomic E-state index is 0.586. The second-order valence-electron chi connectivity index (χ2n) is 3.71. The third-order valence-electron chi connectivity index (χ3n) is 2.40. The van der Waals surface area contributed by atoms with Crippen LogP contribution in [0.1, 0.15) is 26.3 Å². The van der Waals surface area contributed by atoms with Crippen LogP contribution in [0.2, 0.25) is 0 Å². The summed E-state index contributed by atoms with van der Waals surface area (Å²) < 4.78 is 17.0. The molecule has 0 saturated carbocycles. The summed E-state index contributed by atoms with van der Waals surface area (Å²) in [7, 11) is 1.91. The number of benzene rings is 1. The van der Waals surface area contributed by atoms with E-state index >= 15 is 0 Å². The average molecular weight is 253 g/mol. The van der Waals surface area contributed by atoms with Gasteiger partial charge in [0, 0.05) is 12.1 Å². The lowest BCUT2D eigenvalue weighted by atomic mass is 10.1. The van der Waals surface area contributed by atoms with Crippen molar-refractivity contribution in [2.24, 2.45) is 0 Å². The summed E-state index contributed by atoms with van der Waals surface area (Å²) in [6, 6.07) is 3.94. The van der Waals surface area contributed by atoms with Gasteiger partial charge in [0.1, 0.15) is 0 Å². The molecule has 0 atom stereocenters. The van der Waals surface area contributed by atoms with Gasteiger partial charge in [0.15, 0.2) is 11.5 Å². The van der Waals surface area contributed by atoms with Crippen LogP contribution in [0.3, 0.4) is 0 Å². The predicted octanol–water partition coefficient (Wildman–Crippen LogP) is 2.60. The Hall–Kier alpha value is -1.42. The molecular formula is C14H23NO3. The Morgan fingerprint density at radius 3 is 2.06 bits per heavy atom. The molecule has 1 aromatic carbocycles. The summed E-state index contributed by atoms with van der Waals surface area (Å²) >= 11 is 0. The van der Waals surface area contributed by atoms with E-state index < -0.39 is 0 Å². The zero-order valence-corrected chi connectivity index (χ0v) is 11.7. The Morgan fingerprint density at radius 2 is 1.50 bits per heavy atom. The lowest BCUT2D eigenvalue weighted by Crippen LogP contribution is -2.10. The van der Waals surface area contributed by atoms with Crippen molar-refractivity contribution in [2.75, 3.05) is 26.9 Å². The van der Waals surface area contributed by atoms with E-state index in [0.717, 1.165) is 23.6 Å². The van der Waals surface area contributed by atoms with Crippen LogP contribution in [-0.4, -0.2) is 26.9 Å². The third-order valence-corrected chi connectivity index (χ3v) is 2.40. The number of ether oxygens (including phenoxy) is 3. The Labute approximate surface area is 109 Å². The minimum atomic E-state index is 0.586. The molecule has 0 aliphatic carbocycles. The van der Waals surface area contributed by atoms with Gasteiger partial charge in [-0.2, -0.15) is 0 Å². The minimum Gasteiger partial charge on any atom is -0.490 e. The smallest absolute Gasteiger partial charge is 0.203 e. The maximum atomic E-state index is 5.72. The fourth-order valence-electron chi connectivity index (χ4n) is 1.77. The van der Waals surface area contributed by atoms with Crippen LogP contribution in [0.15, 0.2) is 12.1 Å². The molecule has 0 unspecified atom stereocenters. The SMILES string of the molecule is CCOc1ccc(CNC)c(OCC)c1OCC. The molecule has 18 heavy (non-hydrogen) atoms. The first kappa shape index (κ1) is 14.6. The molecule has 4 heteroatoms. The van der Waals surface area contributed by atoms with Gasteiger partial charge in [0.05, 0.1) is 19.8 Å². The molecule has 0 bridgehead atoms. The van der Waals surface area contributed by atoms with E-state index in [-0.39, 0.29) is 0 Å². The van der Waals surface area contributed by atoms with Gasteiger partial charge >= 0.3 is 0 Å². The highest BCUT2D eigenvalue weighted by molar-refractivity contribution is 5.55. The average Bonchev–Trinajstić information content (AvgIpc) is 2.37. The van der Waals surface area contributed by atoms with E-state index in [4.69, 9.17) is 14.2 Å². The summed E-state index contributed by atoms with van der Waals surface area (Å²) in [5.74, 6) is 2.22. The molecule has 0 amide bonds. The van der Waals surface area contributed by atoms with Gasteiger partial charge in [0.2, 0.25) is 5.75 Å². The van der Waals surface area contributed by atoms with Gasteiger partial charge in [-0.25, -0.2) is 0 Å². The van der Waals surface area contributed by atoms with Crippen molar-refractivity contribution < 1.29 is 14.2 Å². The molecule has 0 aliphatic heterocycles. The van der Waals surface area contributed by atoms with Gasteiger partial charge in [-0.3, -0.25) is 0 Å². The number of nitrogens with one attached hydrogen (secondary N) is 1. The van der Waals surface area contributed by atoms with Crippen LogP contribution in [0.4, 0.5) is 0 Å². The normalized spacial score (nSPS) is 10.2. The number of hydrogen-bond acceptors (Lipinski definition) is 4. The molecule has 102 valence electrons. The molecule has 0 spiro atoms. The first-order valence-electron chi connectivity index (χ1n) is 6.47. The zero-order chi connectivity index (χ0) is 13.4. The van der Waals surface area contributed by atoms with E-state index in [1.54, 1.807) is 0 Å². The molecule has 0 saturated heterocycles.